The molecule has 26 heavy (non-hydrogen) atoms. The van der Waals surface area contributed by atoms with E-state index in [0.717, 1.165) is 31.2 Å². The minimum absolute atomic E-state index is 0.151. The van der Waals surface area contributed by atoms with Crippen LogP contribution in [0, 0.1) is 5.92 Å². The number of nitrogens with zero attached hydrogens (tertiary/aromatic N) is 1. The molecule has 0 radical (unpaired) electrons. The van der Waals surface area contributed by atoms with Crippen LogP contribution >= 0.6 is 0 Å². The van der Waals surface area contributed by atoms with Gasteiger partial charge in [-0.3, -0.25) is 0 Å². The number of allylic oxidation sites excluding steroid dienone is 1. The van der Waals surface area contributed by atoms with Crippen LogP contribution in [0.4, 0.5) is 4.79 Å². The molecule has 2 rings (SSSR count). The number of hydrogen-bond donors (Lipinski definition) is 1. The third-order valence-corrected chi connectivity index (χ3v) is 5.40. The predicted octanol–water partition coefficient (Wildman–Crippen LogP) is 4.76. The molecule has 0 bridgehead atoms. The van der Waals surface area contributed by atoms with E-state index in [0.29, 0.717) is 24.6 Å². The SMILES string of the molecule is CC/C=C\[C@@H]1C[C@H](N(C)C(C)C)CC[C@@H]1NC(=O)OCc1ccccc1. The van der Waals surface area contributed by atoms with Crippen LogP contribution in [0.5, 0.6) is 0 Å². The Bertz CT molecular complexity index is 571. The van der Waals surface area contributed by atoms with Crippen molar-refractivity contribution in [1.82, 2.24) is 10.2 Å². The van der Waals surface area contributed by atoms with Crippen molar-refractivity contribution >= 4 is 6.09 Å². The second-order valence-electron chi connectivity index (χ2n) is 7.54. The van der Waals surface area contributed by atoms with E-state index in [-0.39, 0.29) is 12.1 Å². The molecular formula is C22H34N2O2. The molecule has 0 spiro atoms. The van der Waals surface area contributed by atoms with Gasteiger partial charge in [-0.25, -0.2) is 4.79 Å². The normalized spacial score (nSPS) is 23.5. The van der Waals surface area contributed by atoms with E-state index in [2.05, 4.69) is 50.2 Å². The van der Waals surface area contributed by atoms with Gasteiger partial charge >= 0.3 is 6.09 Å². The molecule has 0 aromatic heterocycles. The third-order valence-electron chi connectivity index (χ3n) is 5.40. The fourth-order valence-corrected chi connectivity index (χ4v) is 3.59. The van der Waals surface area contributed by atoms with Crippen molar-refractivity contribution in [3.8, 4) is 0 Å². The molecule has 1 saturated carbocycles. The zero-order chi connectivity index (χ0) is 18.9. The average molecular weight is 359 g/mol. The summed E-state index contributed by atoms with van der Waals surface area (Å²) in [6, 6.07) is 11.1. The van der Waals surface area contributed by atoms with Crippen LogP contribution in [0.1, 0.15) is 52.0 Å². The van der Waals surface area contributed by atoms with Crippen molar-refractivity contribution in [2.75, 3.05) is 7.05 Å². The van der Waals surface area contributed by atoms with Gasteiger partial charge in [-0.1, -0.05) is 49.4 Å². The minimum atomic E-state index is -0.315. The number of rotatable bonds is 7. The number of ether oxygens (including phenoxy) is 1. The largest absolute Gasteiger partial charge is 0.445 e. The third kappa shape index (κ3) is 6.17. The molecule has 0 saturated heterocycles. The molecule has 1 N–H and O–H groups in total. The van der Waals surface area contributed by atoms with Gasteiger partial charge in [0.2, 0.25) is 0 Å². The zero-order valence-electron chi connectivity index (χ0n) is 16.7. The van der Waals surface area contributed by atoms with E-state index in [1.54, 1.807) is 0 Å². The van der Waals surface area contributed by atoms with Gasteiger partial charge in [0.05, 0.1) is 0 Å². The van der Waals surface area contributed by atoms with E-state index in [1.807, 2.05) is 30.3 Å². The molecular weight excluding hydrogens is 324 g/mol. The molecule has 1 aromatic carbocycles. The summed E-state index contributed by atoms with van der Waals surface area (Å²) in [6.45, 7) is 6.94. The van der Waals surface area contributed by atoms with Crippen LogP contribution in [0.3, 0.4) is 0 Å². The number of nitrogens with one attached hydrogen (secondary N) is 1. The van der Waals surface area contributed by atoms with E-state index < -0.39 is 0 Å². The van der Waals surface area contributed by atoms with Gasteiger partial charge in [0.1, 0.15) is 6.61 Å². The monoisotopic (exact) mass is 358 g/mol. The van der Waals surface area contributed by atoms with Crippen molar-refractivity contribution in [3.63, 3.8) is 0 Å². The number of carbonyl (C=O) groups excluding carboxylic acids is 1. The van der Waals surface area contributed by atoms with Gasteiger partial charge in [0, 0.05) is 18.1 Å². The first-order chi connectivity index (χ1) is 12.5. The molecule has 1 aliphatic rings. The summed E-state index contributed by atoms with van der Waals surface area (Å²) in [7, 11) is 2.21. The Kier molecular flexibility index (Phi) is 8.17. The summed E-state index contributed by atoms with van der Waals surface area (Å²) in [5.41, 5.74) is 1.01. The maximum Gasteiger partial charge on any atom is 0.407 e. The maximum atomic E-state index is 12.3. The van der Waals surface area contributed by atoms with Crippen LogP contribution in [-0.2, 0) is 11.3 Å². The number of alkyl carbamates (subject to hydrolysis) is 1. The summed E-state index contributed by atoms with van der Waals surface area (Å²) in [4.78, 5) is 14.7. The minimum Gasteiger partial charge on any atom is -0.445 e. The van der Waals surface area contributed by atoms with Crippen molar-refractivity contribution in [3.05, 3.63) is 48.0 Å². The Morgan fingerprint density at radius 3 is 2.69 bits per heavy atom. The van der Waals surface area contributed by atoms with Gasteiger partial charge in [-0.2, -0.15) is 0 Å². The predicted molar refractivity (Wildman–Crippen MR) is 107 cm³/mol. The van der Waals surface area contributed by atoms with Gasteiger partial charge in [0.25, 0.3) is 0 Å². The molecule has 1 amide bonds. The molecule has 1 fully saturated rings. The second kappa shape index (κ2) is 10.4. The Balaban J connectivity index is 1.91. The average Bonchev–Trinajstić information content (AvgIpc) is 2.65. The summed E-state index contributed by atoms with van der Waals surface area (Å²) in [5.74, 6) is 0.360. The lowest BCUT2D eigenvalue weighted by Crippen LogP contribution is -2.49. The summed E-state index contributed by atoms with van der Waals surface area (Å²) in [6.07, 6.45) is 8.37. The fraction of sp³-hybridized carbons (Fsp3) is 0.591. The molecule has 4 heteroatoms. The van der Waals surface area contributed by atoms with Crippen molar-refractivity contribution in [2.45, 2.75) is 71.2 Å². The second-order valence-corrected chi connectivity index (χ2v) is 7.54. The van der Waals surface area contributed by atoms with E-state index in [1.165, 1.54) is 0 Å². The van der Waals surface area contributed by atoms with Crippen LogP contribution in [-0.4, -0.2) is 36.2 Å². The summed E-state index contributed by atoms with van der Waals surface area (Å²) >= 11 is 0. The molecule has 0 unspecified atom stereocenters. The number of hydrogen-bond acceptors (Lipinski definition) is 3. The first-order valence-corrected chi connectivity index (χ1v) is 9.87. The van der Waals surface area contributed by atoms with Crippen LogP contribution in [0.2, 0.25) is 0 Å². The highest BCUT2D eigenvalue weighted by Gasteiger charge is 2.32. The van der Waals surface area contributed by atoms with Crippen LogP contribution in [0.15, 0.2) is 42.5 Å². The molecule has 0 aliphatic heterocycles. The molecule has 1 aliphatic carbocycles. The Labute approximate surface area is 158 Å². The van der Waals surface area contributed by atoms with Crippen LogP contribution < -0.4 is 5.32 Å². The highest BCUT2D eigenvalue weighted by molar-refractivity contribution is 5.67. The lowest BCUT2D eigenvalue weighted by molar-refractivity contribution is 0.106. The first-order valence-electron chi connectivity index (χ1n) is 9.87. The highest BCUT2D eigenvalue weighted by atomic mass is 16.5. The van der Waals surface area contributed by atoms with Gasteiger partial charge in [-0.05, 0) is 58.1 Å². The van der Waals surface area contributed by atoms with Gasteiger partial charge in [-0.15, -0.1) is 0 Å². The highest BCUT2D eigenvalue weighted by Crippen LogP contribution is 2.30. The van der Waals surface area contributed by atoms with Crippen molar-refractivity contribution in [2.24, 2.45) is 5.92 Å². The standard InChI is InChI=1S/C22H34N2O2/c1-5-6-12-19-15-20(24(4)17(2)3)13-14-21(19)23-22(25)26-16-18-10-8-7-9-11-18/h6-12,17,19-21H,5,13-16H2,1-4H3,(H,23,25)/b12-6-/t19-,20-,21+/m1/s1. The Morgan fingerprint density at radius 2 is 2.04 bits per heavy atom. The molecule has 0 heterocycles. The topological polar surface area (TPSA) is 41.6 Å². The quantitative estimate of drug-likeness (QED) is 0.715. The number of carbonyl (C=O) groups is 1. The Morgan fingerprint density at radius 1 is 1.31 bits per heavy atom. The molecule has 3 atom stereocenters. The number of amides is 1. The molecule has 144 valence electrons. The lowest BCUT2D eigenvalue weighted by Gasteiger charge is -2.40. The summed E-state index contributed by atoms with van der Waals surface area (Å²) < 4.78 is 5.41. The molecule has 1 aromatic rings. The summed E-state index contributed by atoms with van der Waals surface area (Å²) in [5, 5.41) is 3.11. The number of benzene rings is 1. The van der Waals surface area contributed by atoms with Crippen molar-refractivity contribution in [1.29, 1.82) is 0 Å². The van der Waals surface area contributed by atoms with E-state index in [9.17, 15) is 4.79 Å². The maximum absolute atomic E-state index is 12.3. The van der Waals surface area contributed by atoms with Gasteiger partial charge < -0.3 is 15.0 Å². The first kappa shape index (κ1) is 20.5. The zero-order valence-corrected chi connectivity index (χ0v) is 16.7. The fourth-order valence-electron chi connectivity index (χ4n) is 3.59. The lowest BCUT2D eigenvalue weighted by atomic mass is 9.80. The van der Waals surface area contributed by atoms with E-state index in [4.69, 9.17) is 4.74 Å². The molecule has 4 nitrogen and oxygen atoms in total. The van der Waals surface area contributed by atoms with Gasteiger partial charge in [0.15, 0.2) is 0 Å². The smallest absolute Gasteiger partial charge is 0.407 e. The van der Waals surface area contributed by atoms with E-state index >= 15 is 0 Å². The van der Waals surface area contributed by atoms with Crippen molar-refractivity contribution < 1.29 is 9.53 Å². The van der Waals surface area contributed by atoms with Crippen LogP contribution in [0.25, 0.3) is 0 Å². The Hall–Kier alpha value is -1.81.